The van der Waals surface area contributed by atoms with E-state index < -0.39 is 0 Å². The molecule has 0 radical (unpaired) electrons. The maximum atomic E-state index is 11.9. The molecule has 0 saturated carbocycles. The first-order valence-electron chi connectivity index (χ1n) is 7.29. The average Bonchev–Trinajstić information content (AvgIpc) is 2.53. The highest BCUT2D eigenvalue weighted by atomic mass is 16.3. The van der Waals surface area contributed by atoms with Crippen molar-refractivity contribution in [2.24, 2.45) is 0 Å². The van der Waals surface area contributed by atoms with Gasteiger partial charge in [0.25, 0.3) is 0 Å². The van der Waals surface area contributed by atoms with Crippen molar-refractivity contribution >= 4 is 6.03 Å². The molecular weight excluding hydrogens is 278 g/mol. The summed E-state index contributed by atoms with van der Waals surface area (Å²) >= 11 is 0. The number of pyridine rings is 1. The fourth-order valence-corrected chi connectivity index (χ4v) is 2.17. The van der Waals surface area contributed by atoms with Gasteiger partial charge in [0.05, 0.1) is 24.9 Å². The van der Waals surface area contributed by atoms with Crippen LogP contribution in [0.4, 0.5) is 4.79 Å². The minimum Gasteiger partial charge on any atom is -0.394 e. The van der Waals surface area contributed by atoms with E-state index in [0.717, 1.165) is 17.0 Å². The zero-order valence-electron chi connectivity index (χ0n) is 12.6. The van der Waals surface area contributed by atoms with Gasteiger partial charge in [-0.3, -0.25) is 4.98 Å². The molecule has 5 heteroatoms. The topological polar surface area (TPSA) is 74.2 Å². The number of nitrogens with zero attached hydrogens (tertiary/aromatic N) is 1. The molecule has 0 aliphatic carbocycles. The predicted octanol–water partition coefficient (Wildman–Crippen LogP) is 1.79. The minimum absolute atomic E-state index is 0.106. The summed E-state index contributed by atoms with van der Waals surface area (Å²) in [6.07, 6.45) is 0.591. The summed E-state index contributed by atoms with van der Waals surface area (Å²) in [5.41, 5.74) is 2.79. The van der Waals surface area contributed by atoms with Crippen LogP contribution in [0.25, 0.3) is 0 Å². The number of carbonyl (C=O) groups is 1. The van der Waals surface area contributed by atoms with Crippen LogP contribution in [-0.2, 0) is 13.0 Å². The zero-order valence-corrected chi connectivity index (χ0v) is 12.6. The van der Waals surface area contributed by atoms with Gasteiger partial charge in [0.15, 0.2) is 0 Å². The third-order valence-electron chi connectivity index (χ3n) is 3.26. The van der Waals surface area contributed by atoms with E-state index in [1.165, 1.54) is 0 Å². The number of nitrogens with one attached hydrogen (secondary N) is 2. The van der Waals surface area contributed by atoms with Gasteiger partial charge in [0.2, 0.25) is 0 Å². The van der Waals surface area contributed by atoms with E-state index in [1.807, 2.05) is 55.5 Å². The molecule has 0 aliphatic heterocycles. The van der Waals surface area contributed by atoms with Gasteiger partial charge in [0, 0.05) is 5.69 Å². The van der Waals surface area contributed by atoms with Crippen molar-refractivity contribution in [1.82, 2.24) is 15.6 Å². The Bertz CT molecular complexity index is 602. The molecule has 1 aromatic carbocycles. The summed E-state index contributed by atoms with van der Waals surface area (Å²) < 4.78 is 0. The average molecular weight is 299 g/mol. The molecule has 0 bridgehead atoms. The van der Waals surface area contributed by atoms with Crippen molar-refractivity contribution in [3.05, 3.63) is 65.5 Å². The maximum Gasteiger partial charge on any atom is 0.315 e. The second-order valence-corrected chi connectivity index (χ2v) is 5.17. The van der Waals surface area contributed by atoms with Crippen LogP contribution >= 0.6 is 0 Å². The molecular formula is C17H21N3O2. The van der Waals surface area contributed by atoms with Crippen LogP contribution in [0.2, 0.25) is 0 Å². The Kier molecular flexibility index (Phi) is 5.91. The predicted molar refractivity (Wildman–Crippen MR) is 85.4 cm³/mol. The quantitative estimate of drug-likeness (QED) is 0.761. The Labute approximate surface area is 130 Å². The number of aromatic nitrogens is 1. The van der Waals surface area contributed by atoms with Crippen molar-refractivity contribution in [3.8, 4) is 0 Å². The maximum absolute atomic E-state index is 11.9. The Morgan fingerprint density at radius 2 is 1.95 bits per heavy atom. The molecule has 0 saturated heterocycles. The minimum atomic E-state index is -0.312. The van der Waals surface area contributed by atoms with Crippen LogP contribution in [0.5, 0.6) is 0 Å². The lowest BCUT2D eigenvalue weighted by Crippen LogP contribution is -2.44. The molecule has 3 N–H and O–H groups in total. The van der Waals surface area contributed by atoms with Gasteiger partial charge in [-0.15, -0.1) is 0 Å². The summed E-state index contributed by atoms with van der Waals surface area (Å²) in [6.45, 7) is 2.16. The molecule has 1 aromatic heterocycles. The van der Waals surface area contributed by atoms with E-state index in [4.69, 9.17) is 0 Å². The SMILES string of the molecule is Cc1cccc(CNC(=O)N[C@H](CO)Cc2ccccc2)n1. The van der Waals surface area contributed by atoms with E-state index in [-0.39, 0.29) is 18.7 Å². The lowest BCUT2D eigenvalue weighted by atomic mass is 10.1. The van der Waals surface area contributed by atoms with E-state index >= 15 is 0 Å². The first kappa shape index (κ1) is 16.0. The summed E-state index contributed by atoms with van der Waals surface area (Å²) in [5.74, 6) is 0. The molecule has 2 rings (SSSR count). The van der Waals surface area contributed by atoms with Crippen LogP contribution in [0, 0.1) is 6.92 Å². The monoisotopic (exact) mass is 299 g/mol. The number of hydrogen-bond acceptors (Lipinski definition) is 3. The van der Waals surface area contributed by atoms with Crippen LogP contribution < -0.4 is 10.6 Å². The lowest BCUT2D eigenvalue weighted by molar-refractivity contribution is 0.215. The van der Waals surface area contributed by atoms with E-state index in [0.29, 0.717) is 13.0 Å². The van der Waals surface area contributed by atoms with Crippen molar-refractivity contribution in [2.75, 3.05) is 6.61 Å². The molecule has 2 aromatic rings. The number of aliphatic hydroxyl groups excluding tert-OH is 1. The second-order valence-electron chi connectivity index (χ2n) is 5.17. The summed E-state index contributed by atoms with van der Waals surface area (Å²) in [7, 11) is 0. The Morgan fingerprint density at radius 1 is 1.18 bits per heavy atom. The Hall–Kier alpha value is -2.40. The fourth-order valence-electron chi connectivity index (χ4n) is 2.17. The summed E-state index contributed by atoms with van der Waals surface area (Å²) in [6, 6.07) is 14.8. The van der Waals surface area contributed by atoms with Crippen molar-refractivity contribution in [2.45, 2.75) is 25.9 Å². The third-order valence-corrected chi connectivity index (χ3v) is 3.26. The second kappa shape index (κ2) is 8.14. The summed E-state index contributed by atoms with van der Waals surface area (Å²) in [4.78, 5) is 16.2. The van der Waals surface area contributed by atoms with Crippen molar-refractivity contribution < 1.29 is 9.90 Å². The fraction of sp³-hybridized carbons (Fsp3) is 0.294. The molecule has 0 unspecified atom stereocenters. The van der Waals surface area contributed by atoms with Gasteiger partial charge in [-0.05, 0) is 31.0 Å². The van der Waals surface area contributed by atoms with E-state index in [1.54, 1.807) is 0 Å². The number of amides is 2. The van der Waals surface area contributed by atoms with Gasteiger partial charge in [-0.1, -0.05) is 36.4 Å². The number of aryl methyl sites for hydroxylation is 1. The van der Waals surface area contributed by atoms with Crippen molar-refractivity contribution in [1.29, 1.82) is 0 Å². The number of carbonyl (C=O) groups excluding carboxylic acids is 1. The highest BCUT2D eigenvalue weighted by Crippen LogP contribution is 2.03. The first-order valence-corrected chi connectivity index (χ1v) is 7.29. The number of aliphatic hydroxyl groups is 1. The summed E-state index contributed by atoms with van der Waals surface area (Å²) in [5, 5.41) is 14.9. The molecule has 22 heavy (non-hydrogen) atoms. The van der Waals surface area contributed by atoms with E-state index in [9.17, 15) is 9.90 Å². The highest BCUT2D eigenvalue weighted by Gasteiger charge is 2.11. The van der Waals surface area contributed by atoms with Gasteiger partial charge in [-0.25, -0.2) is 4.79 Å². The van der Waals surface area contributed by atoms with Crippen LogP contribution in [0.1, 0.15) is 17.0 Å². The highest BCUT2D eigenvalue weighted by molar-refractivity contribution is 5.74. The Balaban J connectivity index is 1.82. The van der Waals surface area contributed by atoms with Crippen LogP contribution in [-0.4, -0.2) is 28.8 Å². The molecule has 2 amide bonds. The molecule has 0 fully saturated rings. The van der Waals surface area contributed by atoms with Crippen molar-refractivity contribution in [3.63, 3.8) is 0 Å². The molecule has 0 spiro atoms. The molecule has 0 aliphatic rings. The molecule has 1 heterocycles. The van der Waals surface area contributed by atoms with E-state index in [2.05, 4.69) is 15.6 Å². The molecule has 1 atom stereocenters. The standard InChI is InChI=1S/C17H21N3O2/c1-13-6-5-9-15(19-13)11-18-17(22)20-16(12-21)10-14-7-3-2-4-8-14/h2-9,16,21H,10-12H2,1H3,(H2,18,20,22)/t16-/m0/s1. The number of rotatable bonds is 6. The van der Waals surface area contributed by atoms with Gasteiger partial charge >= 0.3 is 6.03 Å². The number of hydrogen-bond donors (Lipinski definition) is 3. The molecule has 116 valence electrons. The number of urea groups is 1. The van der Waals surface area contributed by atoms with Crippen LogP contribution in [0.3, 0.4) is 0 Å². The smallest absolute Gasteiger partial charge is 0.315 e. The van der Waals surface area contributed by atoms with Crippen LogP contribution in [0.15, 0.2) is 48.5 Å². The third kappa shape index (κ3) is 5.18. The van der Waals surface area contributed by atoms with Gasteiger partial charge in [-0.2, -0.15) is 0 Å². The molecule has 5 nitrogen and oxygen atoms in total. The largest absolute Gasteiger partial charge is 0.394 e. The lowest BCUT2D eigenvalue weighted by Gasteiger charge is -2.17. The zero-order chi connectivity index (χ0) is 15.8. The van der Waals surface area contributed by atoms with Gasteiger partial charge in [0.1, 0.15) is 0 Å². The van der Waals surface area contributed by atoms with Gasteiger partial charge < -0.3 is 15.7 Å². The number of benzene rings is 1. The normalized spacial score (nSPS) is 11.7. The first-order chi connectivity index (χ1) is 10.7. The Morgan fingerprint density at radius 3 is 2.64 bits per heavy atom.